The molecule has 11 nitrogen and oxygen atoms in total. The molecule has 2 saturated heterocycles. The van der Waals surface area contributed by atoms with Crippen molar-refractivity contribution in [2.45, 2.75) is 234 Å². The van der Waals surface area contributed by atoms with Crippen molar-refractivity contribution < 1.29 is 43.9 Å². The first kappa shape index (κ1) is 59.9. The average molecular weight is 981 g/mol. The third kappa shape index (κ3) is 21.8. The summed E-state index contributed by atoms with van der Waals surface area (Å²) in [5.41, 5.74) is 3.86. The Kier molecular flexibility index (Phi) is 27.8. The molecule has 6 aliphatic carbocycles. The lowest BCUT2D eigenvalue weighted by molar-refractivity contribution is -0.137. The highest BCUT2D eigenvalue weighted by molar-refractivity contribution is 5.82. The Balaban J connectivity index is 0.000000189. The molecule has 8 aliphatic rings. The minimum absolute atomic E-state index is 0.146. The zero-order valence-electron chi connectivity index (χ0n) is 45.1. The third-order valence-corrected chi connectivity index (χ3v) is 15.7. The number of aliphatic hydroxyl groups is 3. The standard InChI is InChI=1S/C17H27NO2.C10H19NO.C10H16O2.C8H14O2.C8H14O.C6H10O/c1-18(2)13-16(17(19)11-5-4-6-12-17)14-7-9-15(20-3)10-8-14;1-11(2)8-9-10(12-9)6-4-3-5-7-10;1-2-12-10(11)8-9-6-4-3-5-7-9;9-6-7-8(10-7)4-2-1-3-5-8;9-7-6-8-4-2-1-3-5-8;7-6-4-2-1-3-5-6/h7-10,16,19H,4-6,11-13H2,1-3H3;9H,3-8H2,1-2H3;8H,2-7H2,1H3;7,9H,1-6H2;6,9H,1-5,7H2;1-5H2/t16-;9-;;7-;;/m00.0../s1. The number of esters is 1. The van der Waals surface area contributed by atoms with Crippen molar-refractivity contribution in [3.63, 3.8) is 0 Å². The molecule has 0 radical (unpaired) electrons. The summed E-state index contributed by atoms with van der Waals surface area (Å²) in [4.78, 5) is 25.9. The van der Waals surface area contributed by atoms with Crippen molar-refractivity contribution in [3.8, 4) is 5.75 Å². The van der Waals surface area contributed by atoms with Crippen LogP contribution in [-0.4, -0.2) is 134 Å². The largest absolute Gasteiger partial charge is 0.497 e. The smallest absolute Gasteiger partial charge is 0.330 e. The van der Waals surface area contributed by atoms with Crippen molar-refractivity contribution in [1.29, 1.82) is 0 Å². The molecule has 6 saturated carbocycles. The average Bonchev–Trinajstić information content (AvgIpc) is 4.26. The van der Waals surface area contributed by atoms with Crippen LogP contribution in [0.3, 0.4) is 0 Å². The Morgan fingerprint density at radius 2 is 1.11 bits per heavy atom. The minimum atomic E-state index is -0.558. The van der Waals surface area contributed by atoms with Gasteiger partial charge < -0.3 is 44.1 Å². The van der Waals surface area contributed by atoms with Crippen LogP contribution < -0.4 is 4.74 Å². The number of ketones is 1. The lowest BCUT2D eigenvalue weighted by atomic mass is 9.72. The van der Waals surface area contributed by atoms with Gasteiger partial charge in [0.2, 0.25) is 0 Å². The van der Waals surface area contributed by atoms with E-state index in [0.717, 1.165) is 83.0 Å². The van der Waals surface area contributed by atoms with Crippen LogP contribution in [0.2, 0.25) is 0 Å². The summed E-state index contributed by atoms with van der Waals surface area (Å²) in [6.45, 7) is 4.75. The van der Waals surface area contributed by atoms with Gasteiger partial charge in [-0.3, -0.25) is 4.79 Å². The van der Waals surface area contributed by atoms with Gasteiger partial charge in [0.15, 0.2) is 0 Å². The highest BCUT2D eigenvalue weighted by Gasteiger charge is 2.56. The number of likely N-dealkylation sites (N-methyl/N-ethyl adjacent to an activating group) is 2. The van der Waals surface area contributed by atoms with Crippen LogP contribution in [0.5, 0.6) is 5.75 Å². The van der Waals surface area contributed by atoms with Crippen LogP contribution in [0, 0.1) is 0 Å². The van der Waals surface area contributed by atoms with Crippen LogP contribution in [0.15, 0.2) is 47.6 Å². The number of rotatable bonds is 11. The molecule has 1 aromatic rings. The van der Waals surface area contributed by atoms with E-state index < -0.39 is 5.60 Å². The Hall–Kier alpha value is -2.64. The molecule has 2 spiro atoms. The van der Waals surface area contributed by atoms with E-state index >= 15 is 0 Å². The van der Waals surface area contributed by atoms with Gasteiger partial charge in [0.05, 0.1) is 49.8 Å². The normalized spacial score (nSPS) is 24.2. The molecule has 0 amide bonds. The van der Waals surface area contributed by atoms with Crippen LogP contribution in [0.25, 0.3) is 0 Å². The van der Waals surface area contributed by atoms with Crippen LogP contribution in [0.4, 0.5) is 0 Å². The monoisotopic (exact) mass is 981 g/mol. The molecule has 3 N–H and O–H groups in total. The Labute approximate surface area is 425 Å². The lowest BCUT2D eigenvalue weighted by Crippen LogP contribution is -2.42. The second kappa shape index (κ2) is 32.5. The van der Waals surface area contributed by atoms with Crippen molar-refractivity contribution in [2.75, 3.05) is 68.2 Å². The molecule has 2 aliphatic heterocycles. The zero-order valence-corrected chi connectivity index (χ0v) is 45.1. The number of methoxy groups -OCH3 is 1. The summed E-state index contributed by atoms with van der Waals surface area (Å²) in [7, 11) is 10.1. The molecule has 1 aromatic carbocycles. The highest BCUT2D eigenvalue weighted by Crippen LogP contribution is 2.49. The highest BCUT2D eigenvalue weighted by atomic mass is 16.6. The van der Waals surface area contributed by atoms with Crippen molar-refractivity contribution in [2.24, 2.45) is 0 Å². The van der Waals surface area contributed by atoms with Crippen LogP contribution in [0.1, 0.15) is 211 Å². The minimum Gasteiger partial charge on any atom is -0.497 e. The second-order valence-electron chi connectivity index (χ2n) is 22.0. The number of nitrogens with zero attached hydrogens (tertiary/aromatic N) is 2. The number of ether oxygens (including phenoxy) is 4. The van der Waals surface area contributed by atoms with Crippen molar-refractivity contribution in [3.05, 3.63) is 53.1 Å². The summed E-state index contributed by atoms with van der Waals surface area (Å²) in [5, 5.41) is 28.4. The fourth-order valence-corrected chi connectivity index (χ4v) is 11.5. The van der Waals surface area contributed by atoms with Gasteiger partial charge in [0.25, 0.3) is 0 Å². The van der Waals surface area contributed by atoms with E-state index in [9.17, 15) is 14.7 Å². The summed E-state index contributed by atoms with van der Waals surface area (Å²) >= 11 is 0. The van der Waals surface area contributed by atoms with Crippen molar-refractivity contribution >= 4 is 11.8 Å². The molecule has 0 aromatic heterocycles. The van der Waals surface area contributed by atoms with Crippen molar-refractivity contribution in [1.82, 2.24) is 9.80 Å². The summed E-state index contributed by atoms with van der Waals surface area (Å²) in [6.07, 6.45) is 40.4. The number of hydrogen-bond donors (Lipinski definition) is 3. The quantitative estimate of drug-likeness (QED) is 0.0843. The maximum absolute atomic E-state index is 11.1. The van der Waals surface area contributed by atoms with E-state index in [-0.39, 0.29) is 36.8 Å². The molecular formula is C59H100N2O9. The maximum atomic E-state index is 11.1. The molecule has 8 fully saturated rings. The molecular weight excluding hydrogens is 881 g/mol. The molecule has 400 valence electrons. The molecule has 0 unspecified atom stereocenters. The maximum Gasteiger partial charge on any atom is 0.330 e. The van der Waals surface area contributed by atoms with E-state index in [1.807, 2.05) is 25.1 Å². The number of allylic oxidation sites excluding steroid dienone is 2. The third-order valence-electron chi connectivity index (χ3n) is 15.7. The number of aliphatic hydroxyl groups excluding tert-OH is 2. The predicted octanol–water partition coefficient (Wildman–Crippen LogP) is 11.6. The summed E-state index contributed by atoms with van der Waals surface area (Å²) < 4.78 is 21.3. The first-order valence-corrected chi connectivity index (χ1v) is 28.1. The van der Waals surface area contributed by atoms with Gasteiger partial charge in [-0.05, 0) is 156 Å². The van der Waals surface area contributed by atoms with Crippen LogP contribution >= 0.6 is 0 Å². The van der Waals surface area contributed by atoms with Gasteiger partial charge in [-0.25, -0.2) is 4.79 Å². The van der Waals surface area contributed by atoms with Gasteiger partial charge in [0, 0.05) is 37.9 Å². The molecule has 9 rings (SSSR count). The summed E-state index contributed by atoms with van der Waals surface area (Å²) in [5.74, 6) is 1.33. The fraction of sp³-hybridized carbons (Fsp3) is 0.797. The second-order valence-corrected chi connectivity index (χ2v) is 22.0. The first-order chi connectivity index (χ1) is 33.8. The number of epoxide rings is 2. The zero-order chi connectivity index (χ0) is 50.7. The number of Topliss-reactive ketones (excluding diaryl/α,β-unsaturated/α-hetero) is 1. The Morgan fingerprint density at radius 1 is 0.657 bits per heavy atom. The molecule has 3 atom stereocenters. The SMILES string of the molecule is CCOC(=O)C=C1CCCCC1.CN(C)C[C@@H]1OC12CCCCC2.COc1ccc([C@H](CN(C)C)C2(O)CCCCC2)cc1.O=C1CCCCC1.OCC=C1CCCCC1.OC[C@@H]1OC12CCCCC2. The number of benzene rings is 1. The molecule has 11 heteroatoms. The molecule has 70 heavy (non-hydrogen) atoms. The van der Waals surface area contributed by atoms with E-state index in [2.05, 4.69) is 50.1 Å². The van der Waals surface area contributed by atoms with Crippen LogP contribution in [-0.2, 0) is 23.8 Å². The topological polar surface area (TPSA) is 145 Å². The molecule has 0 bridgehead atoms. The van der Waals surface area contributed by atoms with Gasteiger partial charge >= 0.3 is 5.97 Å². The Morgan fingerprint density at radius 3 is 1.53 bits per heavy atom. The van der Waals surface area contributed by atoms with Gasteiger partial charge in [-0.1, -0.05) is 106 Å². The fourth-order valence-electron chi connectivity index (χ4n) is 11.5. The van der Waals surface area contributed by atoms with Gasteiger partial charge in [-0.2, -0.15) is 0 Å². The van der Waals surface area contributed by atoms with Gasteiger partial charge in [0.1, 0.15) is 17.6 Å². The van der Waals surface area contributed by atoms with E-state index in [0.29, 0.717) is 24.1 Å². The summed E-state index contributed by atoms with van der Waals surface area (Å²) in [6, 6.07) is 8.17. The van der Waals surface area contributed by atoms with E-state index in [1.165, 1.54) is 145 Å². The lowest BCUT2D eigenvalue weighted by Gasteiger charge is -2.40. The van der Waals surface area contributed by atoms with E-state index in [4.69, 9.17) is 29.2 Å². The predicted molar refractivity (Wildman–Crippen MR) is 283 cm³/mol. The van der Waals surface area contributed by atoms with E-state index in [1.54, 1.807) is 13.2 Å². The van der Waals surface area contributed by atoms with Gasteiger partial charge in [-0.15, -0.1) is 0 Å². The number of carbonyl (C=O) groups excluding carboxylic acids is 2. The molecule has 2 heterocycles. The number of carbonyl (C=O) groups is 2. The Bertz CT molecular complexity index is 1630. The first-order valence-electron chi connectivity index (χ1n) is 28.1. The number of hydrogen-bond acceptors (Lipinski definition) is 11.